The Morgan fingerprint density at radius 2 is 2.04 bits per heavy atom. The van der Waals surface area contributed by atoms with E-state index >= 15 is 0 Å². The number of allylic oxidation sites excluding steroid dienone is 1. The highest BCUT2D eigenvalue weighted by Crippen LogP contribution is 2.29. The second-order valence-corrected chi connectivity index (χ2v) is 7.33. The van der Waals surface area contributed by atoms with Crippen molar-refractivity contribution >= 4 is 5.91 Å². The molecular weight excluding hydrogens is 353 g/mol. The van der Waals surface area contributed by atoms with Gasteiger partial charge < -0.3 is 9.80 Å². The smallest absolute Gasteiger partial charge is 0.345 e. The Hall–Kier alpha value is -1.82. The average Bonchev–Trinajstić information content (AvgIpc) is 2.65. The molecule has 0 radical (unpaired) electrons. The first-order valence-corrected chi connectivity index (χ1v) is 9.53. The van der Waals surface area contributed by atoms with Crippen molar-refractivity contribution in [2.45, 2.75) is 38.3 Å². The van der Waals surface area contributed by atoms with Gasteiger partial charge >= 0.3 is 6.18 Å². The van der Waals surface area contributed by atoms with Crippen LogP contribution in [0.1, 0.15) is 36.8 Å². The lowest BCUT2D eigenvalue weighted by molar-refractivity contribution is -0.137. The number of benzene rings is 1. The lowest BCUT2D eigenvalue weighted by Crippen LogP contribution is -2.40. The molecule has 3 nitrogen and oxygen atoms in total. The van der Waals surface area contributed by atoms with Gasteiger partial charge in [-0.05, 0) is 56.3 Å². The fourth-order valence-electron chi connectivity index (χ4n) is 3.49. The van der Waals surface area contributed by atoms with E-state index in [2.05, 4.69) is 11.5 Å². The van der Waals surface area contributed by atoms with Crippen molar-refractivity contribution in [1.29, 1.82) is 0 Å². The Labute approximate surface area is 159 Å². The summed E-state index contributed by atoms with van der Waals surface area (Å²) in [6, 6.07) is 5.59. The summed E-state index contributed by atoms with van der Waals surface area (Å²) in [6.07, 6.45) is 1.34. The van der Waals surface area contributed by atoms with Gasteiger partial charge in [-0.15, -0.1) is 6.58 Å². The van der Waals surface area contributed by atoms with Gasteiger partial charge in [0.25, 0.3) is 0 Å². The summed E-state index contributed by atoms with van der Waals surface area (Å²) < 4.78 is 38.4. The van der Waals surface area contributed by atoms with Crippen LogP contribution in [0.4, 0.5) is 13.2 Å². The molecule has 150 valence electrons. The third-order valence-corrected chi connectivity index (χ3v) is 5.20. The SMILES string of the molecule is C=CCCC(=O)N(C)CC1CCN(CCc2cccc(C(F)(F)F)c2)CC1. The number of hydrogen-bond donors (Lipinski definition) is 0. The predicted octanol–water partition coefficient (Wildman–Crippen LogP) is 4.38. The van der Waals surface area contributed by atoms with Crippen LogP contribution in [0.25, 0.3) is 0 Å². The number of nitrogens with zero attached hydrogens (tertiary/aromatic N) is 2. The van der Waals surface area contributed by atoms with Crippen molar-refractivity contribution in [3.8, 4) is 0 Å². The van der Waals surface area contributed by atoms with Gasteiger partial charge in [0.05, 0.1) is 5.56 Å². The molecular formula is C21H29F3N2O. The fraction of sp³-hybridized carbons (Fsp3) is 0.571. The molecule has 0 bridgehead atoms. The first-order valence-electron chi connectivity index (χ1n) is 9.53. The zero-order valence-corrected chi connectivity index (χ0v) is 16.0. The molecule has 1 saturated heterocycles. The lowest BCUT2D eigenvalue weighted by Gasteiger charge is -2.34. The van der Waals surface area contributed by atoms with Crippen molar-refractivity contribution in [2.24, 2.45) is 5.92 Å². The summed E-state index contributed by atoms with van der Waals surface area (Å²) in [5.41, 5.74) is 0.141. The molecule has 1 fully saturated rings. The number of carbonyl (C=O) groups excluding carboxylic acids is 1. The number of piperidine rings is 1. The van der Waals surface area contributed by atoms with E-state index in [1.54, 1.807) is 12.1 Å². The number of amides is 1. The largest absolute Gasteiger partial charge is 0.416 e. The number of carbonyl (C=O) groups is 1. The first-order chi connectivity index (χ1) is 12.8. The van der Waals surface area contributed by atoms with Gasteiger partial charge in [-0.3, -0.25) is 4.79 Å². The van der Waals surface area contributed by atoms with Crippen LogP contribution in [0.3, 0.4) is 0 Å². The molecule has 0 aromatic heterocycles. The third-order valence-electron chi connectivity index (χ3n) is 5.20. The Balaban J connectivity index is 1.73. The number of halogens is 3. The first kappa shape index (κ1) is 21.5. The van der Waals surface area contributed by atoms with Gasteiger partial charge in [0.1, 0.15) is 0 Å². The lowest BCUT2D eigenvalue weighted by atomic mass is 9.95. The molecule has 0 saturated carbocycles. The number of alkyl halides is 3. The summed E-state index contributed by atoms with van der Waals surface area (Å²) in [5, 5.41) is 0. The van der Waals surface area contributed by atoms with E-state index in [1.165, 1.54) is 12.1 Å². The number of hydrogen-bond acceptors (Lipinski definition) is 2. The van der Waals surface area contributed by atoms with E-state index in [4.69, 9.17) is 0 Å². The third kappa shape index (κ3) is 7.01. The monoisotopic (exact) mass is 382 g/mol. The highest BCUT2D eigenvalue weighted by Gasteiger charge is 2.30. The molecule has 0 atom stereocenters. The van der Waals surface area contributed by atoms with E-state index in [1.807, 2.05) is 11.9 Å². The molecule has 0 spiro atoms. The van der Waals surface area contributed by atoms with Gasteiger partial charge in [-0.1, -0.05) is 24.3 Å². The van der Waals surface area contributed by atoms with E-state index in [0.29, 0.717) is 25.2 Å². The van der Waals surface area contributed by atoms with Crippen molar-refractivity contribution in [3.05, 3.63) is 48.0 Å². The Kier molecular flexibility index (Phi) is 7.90. The van der Waals surface area contributed by atoms with Gasteiger partial charge in [-0.25, -0.2) is 0 Å². The van der Waals surface area contributed by atoms with Gasteiger partial charge in [0, 0.05) is 26.6 Å². The maximum Gasteiger partial charge on any atom is 0.416 e. The number of likely N-dealkylation sites (tertiary alicyclic amines) is 1. The molecule has 6 heteroatoms. The van der Waals surface area contributed by atoms with Crippen molar-refractivity contribution in [1.82, 2.24) is 9.80 Å². The van der Waals surface area contributed by atoms with E-state index < -0.39 is 11.7 Å². The maximum atomic E-state index is 12.8. The van der Waals surface area contributed by atoms with Crippen LogP contribution >= 0.6 is 0 Å². The summed E-state index contributed by atoms with van der Waals surface area (Å²) in [7, 11) is 1.85. The quantitative estimate of drug-likeness (QED) is 0.623. The highest BCUT2D eigenvalue weighted by atomic mass is 19.4. The van der Waals surface area contributed by atoms with Crippen LogP contribution in [0, 0.1) is 5.92 Å². The molecule has 0 unspecified atom stereocenters. The van der Waals surface area contributed by atoms with Crippen molar-refractivity contribution < 1.29 is 18.0 Å². The molecule has 27 heavy (non-hydrogen) atoms. The minimum atomic E-state index is -4.29. The van der Waals surface area contributed by atoms with Gasteiger partial charge in [0.2, 0.25) is 5.91 Å². The van der Waals surface area contributed by atoms with Crippen LogP contribution < -0.4 is 0 Å². The Bertz CT molecular complexity index is 622. The van der Waals surface area contributed by atoms with Crippen molar-refractivity contribution in [3.63, 3.8) is 0 Å². The van der Waals surface area contributed by atoms with E-state index in [9.17, 15) is 18.0 Å². The minimum Gasteiger partial charge on any atom is -0.345 e. The van der Waals surface area contributed by atoms with Gasteiger partial charge in [-0.2, -0.15) is 13.2 Å². The van der Waals surface area contributed by atoms with Crippen LogP contribution in [0.15, 0.2) is 36.9 Å². The second-order valence-electron chi connectivity index (χ2n) is 7.33. The molecule has 1 heterocycles. The highest BCUT2D eigenvalue weighted by molar-refractivity contribution is 5.75. The van der Waals surface area contributed by atoms with Crippen LogP contribution in [0.5, 0.6) is 0 Å². The minimum absolute atomic E-state index is 0.155. The topological polar surface area (TPSA) is 23.6 Å². The molecule has 1 aromatic carbocycles. The summed E-state index contributed by atoms with van der Waals surface area (Å²) in [5.74, 6) is 0.648. The van der Waals surface area contributed by atoms with Crippen LogP contribution in [-0.2, 0) is 17.4 Å². The second kappa shape index (κ2) is 9.93. The molecule has 0 aliphatic carbocycles. The molecule has 2 rings (SSSR count). The van der Waals surface area contributed by atoms with E-state index in [-0.39, 0.29) is 5.91 Å². The normalized spacial score (nSPS) is 16.3. The Morgan fingerprint density at radius 3 is 2.67 bits per heavy atom. The van der Waals surface area contributed by atoms with Gasteiger partial charge in [0.15, 0.2) is 0 Å². The number of rotatable bonds is 8. The summed E-state index contributed by atoms with van der Waals surface area (Å²) >= 11 is 0. The standard InChI is InChI=1S/C21H29F3N2O/c1-3-4-8-20(27)25(2)16-18-10-13-26(14-11-18)12-9-17-6-5-7-19(15-17)21(22,23)24/h3,5-7,15,18H,1,4,8-14,16H2,2H3. The summed E-state index contributed by atoms with van der Waals surface area (Å²) in [4.78, 5) is 16.1. The summed E-state index contributed by atoms with van der Waals surface area (Å²) in [6.45, 7) is 7.04. The van der Waals surface area contributed by atoms with Crippen LogP contribution in [-0.4, -0.2) is 48.9 Å². The molecule has 0 N–H and O–H groups in total. The molecule has 1 aliphatic heterocycles. The fourth-order valence-corrected chi connectivity index (χ4v) is 3.49. The van der Waals surface area contributed by atoms with Crippen LogP contribution in [0.2, 0.25) is 0 Å². The predicted molar refractivity (Wildman–Crippen MR) is 101 cm³/mol. The Morgan fingerprint density at radius 1 is 1.33 bits per heavy atom. The van der Waals surface area contributed by atoms with Crippen molar-refractivity contribution in [2.75, 3.05) is 33.2 Å². The van der Waals surface area contributed by atoms with E-state index in [0.717, 1.165) is 50.7 Å². The average molecular weight is 382 g/mol. The molecule has 1 aliphatic rings. The molecule has 1 aromatic rings. The zero-order valence-electron chi connectivity index (χ0n) is 16.0. The maximum absolute atomic E-state index is 12.8. The zero-order chi connectivity index (χ0) is 19.9. The molecule has 1 amide bonds.